The molecule has 0 amide bonds. The van der Waals surface area contributed by atoms with Crippen molar-refractivity contribution in [2.45, 2.75) is 79.5 Å². The van der Waals surface area contributed by atoms with E-state index in [-0.39, 0.29) is 0 Å². The molecule has 14 heteroatoms. The summed E-state index contributed by atoms with van der Waals surface area (Å²) in [5, 5.41) is 107. The zero-order valence-electron chi connectivity index (χ0n) is 15.8. The normalized spacial score (nSPS) is 45.7. The zero-order valence-corrected chi connectivity index (χ0v) is 15.8. The molecule has 2 heterocycles. The van der Waals surface area contributed by atoms with Crippen LogP contribution >= 0.6 is 0 Å². The molecule has 0 aliphatic carbocycles. The van der Waals surface area contributed by atoms with Gasteiger partial charge in [-0.3, -0.25) is 0 Å². The molecule has 178 valence electrons. The summed E-state index contributed by atoms with van der Waals surface area (Å²) in [4.78, 5) is 0. The molecule has 0 radical (unpaired) electrons. The van der Waals surface area contributed by atoms with Crippen molar-refractivity contribution in [2.75, 3.05) is 19.8 Å². The third kappa shape index (κ3) is 5.25. The second kappa shape index (κ2) is 10.8. The summed E-state index contributed by atoms with van der Waals surface area (Å²) in [5.74, 6) is 0. The van der Waals surface area contributed by atoms with Crippen LogP contribution in [0.4, 0.5) is 0 Å². The number of rotatable bonds is 8. The summed E-state index contributed by atoms with van der Waals surface area (Å²) in [5.41, 5.74) is 0. The molecule has 30 heavy (non-hydrogen) atoms. The monoisotopic (exact) mass is 446 g/mol. The Morgan fingerprint density at radius 1 is 0.667 bits per heavy atom. The van der Waals surface area contributed by atoms with Gasteiger partial charge in [0, 0.05) is 0 Å². The molecule has 0 saturated carbocycles. The first-order chi connectivity index (χ1) is 14.0. The van der Waals surface area contributed by atoms with Crippen molar-refractivity contribution < 1.29 is 70.4 Å². The quantitative estimate of drug-likeness (QED) is 0.166. The van der Waals surface area contributed by atoms with E-state index in [1.165, 1.54) is 0 Å². The van der Waals surface area contributed by atoms with E-state index in [1.807, 2.05) is 0 Å². The van der Waals surface area contributed by atoms with Gasteiger partial charge in [0.2, 0.25) is 0 Å². The highest BCUT2D eigenvalue weighted by Crippen LogP contribution is 2.26. The molecule has 0 spiro atoms. The minimum atomic E-state index is -2.02. The number of aliphatic hydroxyl groups is 11. The second-order valence-corrected chi connectivity index (χ2v) is 7.37. The Hall–Kier alpha value is -0.560. The first-order valence-corrected chi connectivity index (χ1v) is 9.31. The summed E-state index contributed by atoms with van der Waals surface area (Å²) in [6.45, 7) is -2.23. The van der Waals surface area contributed by atoms with Crippen LogP contribution in [-0.2, 0) is 14.2 Å². The molecule has 2 fully saturated rings. The number of hydrogen-bond donors (Lipinski definition) is 11. The fourth-order valence-corrected chi connectivity index (χ4v) is 3.33. The highest BCUT2D eigenvalue weighted by Gasteiger charge is 2.49. The number of hydrogen-bond acceptors (Lipinski definition) is 14. The summed E-state index contributed by atoms with van der Waals surface area (Å²) in [7, 11) is 0. The molecular formula is C16H30O14. The van der Waals surface area contributed by atoms with E-state index >= 15 is 0 Å². The van der Waals surface area contributed by atoms with Gasteiger partial charge >= 0.3 is 0 Å². The molecule has 14 nitrogen and oxygen atoms in total. The molecule has 2 aliphatic heterocycles. The minimum absolute atomic E-state index is 0.703. The average Bonchev–Trinajstić information content (AvgIpc) is 2.74. The lowest BCUT2D eigenvalue weighted by Crippen LogP contribution is -2.64. The molecule has 2 rings (SSSR count). The van der Waals surface area contributed by atoms with Gasteiger partial charge in [-0.15, -0.1) is 0 Å². The maximum Gasteiger partial charge on any atom is 0.186 e. The van der Waals surface area contributed by atoms with Crippen LogP contribution in [0.15, 0.2) is 0 Å². The minimum Gasteiger partial charge on any atom is -0.394 e. The van der Waals surface area contributed by atoms with Crippen LogP contribution in [0.3, 0.4) is 0 Å². The van der Waals surface area contributed by atoms with Gasteiger partial charge in [0.05, 0.1) is 19.8 Å². The fourth-order valence-electron chi connectivity index (χ4n) is 3.33. The lowest BCUT2D eigenvalue weighted by Gasteiger charge is -2.43. The van der Waals surface area contributed by atoms with Crippen LogP contribution in [0.1, 0.15) is 0 Å². The van der Waals surface area contributed by atoms with Gasteiger partial charge in [0.1, 0.15) is 73.2 Å². The van der Waals surface area contributed by atoms with Gasteiger partial charge in [0.25, 0.3) is 0 Å². The van der Waals surface area contributed by atoms with E-state index in [1.54, 1.807) is 0 Å². The molecular weight excluding hydrogens is 416 g/mol. The highest BCUT2D eigenvalue weighted by atomic mass is 16.7. The van der Waals surface area contributed by atoms with Crippen molar-refractivity contribution in [1.82, 2.24) is 0 Å². The lowest BCUT2D eigenvalue weighted by molar-refractivity contribution is -0.308. The average molecular weight is 446 g/mol. The second-order valence-electron chi connectivity index (χ2n) is 7.37. The molecule has 11 N–H and O–H groups in total. The van der Waals surface area contributed by atoms with Crippen molar-refractivity contribution >= 4 is 0 Å². The Morgan fingerprint density at radius 2 is 1.17 bits per heavy atom. The third-order valence-electron chi connectivity index (χ3n) is 5.29. The summed E-state index contributed by atoms with van der Waals surface area (Å²) in [6, 6.07) is 0. The highest BCUT2D eigenvalue weighted by molar-refractivity contribution is 4.97. The zero-order chi connectivity index (χ0) is 22.7. The molecule has 0 aromatic carbocycles. The van der Waals surface area contributed by atoms with Crippen LogP contribution in [0, 0.1) is 0 Å². The van der Waals surface area contributed by atoms with E-state index in [4.69, 9.17) is 24.4 Å². The van der Waals surface area contributed by atoms with Crippen LogP contribution in [0.5, 0.6) is 0 Å². The van der Waals surface area contributed by atoms with E-state index in [9.17, 15) is 46.0 Å². The van der Waals surface area contributed by atoms with Crippen LogP contribution in [0.25, 0.3) is 0 Å². The Bertz CT molecular complexity index is 520. The first kappa shape index (κ1) is 25.7. The molecule has 2 saturated heterocycles. The molecule has 0 aromatic rings. The molecule has 0 bridgehead atoms. The van der Waals surface area contributed by atoms with Gasteiger partial charge in [-0.05, 0) is 0 Å². The summed E-state index contributed by atoms with van der Waals surface area (Å²) >= 11 is 0. The fraction of sp³-hybridized carbons (Fsp3) is 1.00. The van der Waals surface area contributed by atoms with E-state index in [0.29, 0.717) is 0 Å². The van der Waals surface area contributed by atoms with Crippen molar-refractivity contribution in [2.24, 2.45) is 0 Å². The Balaban J connectivity index is 1.95. The topological polar surface area (TPSA) is 250 Å². The standard InChI is InChI=1S/C16H30O14/c17-1-5-8(21)10(23)13(26)15(29-5)12(25)7(20)4(19)3-28-16-14(27)11(24)9(22)6(2-18)30-16/h4-27H,1-3H2/t4-,5-,6-,7-,8-,9-,10+,11+,12?,13+,14+,15?,16-/m1/s1. The van der Waals surface area contributed by atoms with Crippen LogP contribution in [-0.4, -0.2) is 156 Å². The SMILES string of the molecule is OC[C@H]1O[C@@H](OC[C@@H](O)[C@@H](O)C(O)C2O[C@H](CO)[C@@H](O)[C@H](O)[C@@H]2O)[C@@H](O)[C@@H](O)[C@@H]1O. The predicted molar refractivity (Wildman–Crippen MR) is 91.5 cm³/mol. The largest absolute Gasteiger partial charge is 0.394 e. The first-order valence-electron chi connectivity index (χ1n) is 9.31. The Morgan fingerprint density at radius 3 is 1.70 bits per heavy atom. The van der Waals surface area contributed by atoms with E-state index in [0.717, 1.165) is 0 Å². The summed E-state index contributed by atoms with van der Waals surface area (Å²) in [6.07, 6.45) is -22.1. The maximum absolute atomic E-state index is 10.2. The van der Waals surface area contributed by atoms with Gasteiger partial charge < -0.3 is 70.4 Å². The smallest absolute Gasteiger partial charge is 0.186 e. The van der Waals surface area contributed by atoms with Gasteiger partial charge in [0.15, 0.2) is 6.29 Å². The van der Waals surface area contributed by atoms with Gasteiger partial charge in [-0.25, -0.2) is 0 Å². The van der Waals surface area contributed by atoms with Crippen molar-refractivity contribution in [1.29, 1.82) is 0 Å². The van der Waals surface area contributed by atoms with Gasteiger partial charge in [-0.2, -0.15) is 0 Å². The third-order valence-corrected chi connectivity index (χ3v) is 5.29. The molecule has 0 aromatic heterocycles. The predicted octanol–water partition coefficient (Wildman–Crippen LogP) is -7.27. The maximum atomic E-state index is 10.2. The molecule has 2 unspecified atom stereocenters. The Labute approximate surface area is 170 Å². The molecule has 13 atom stereocenters. The molecule has 2 aliphatic rings. The van der Waals surface area contributed by atoms with Gasteiger partial charge in [-0.1, -0.05) is 0 Å². The van der Waals surface area contributed by atoms with E-state index < -0.39 is 99.4 Å². The van der Waals surface area contributed by atoms with Crippen molar-refractivity contribution in [3.8, 4) is 0 Å². The van der Waals surface area contributed by atoms with Crippen molar-refractivity contribution in [3.63, 3.8) is 0 Å². The van der Waals surface area contributed by atoms with Crippen molar-refractivity contribution in [3.05, 3.63) is 0 Å². The van der Waals surface area contributed by atoms with Crippen LogP contribution < -0.4 is 0 Å². The number of ether oxygens (including phenoxy) is 3. The van der Waals surface area contributed by atoms with Crippen LogP contribution in [0.2, 0.25) is 0 Å². The number of aliphatic hydroxyl groups excluding tert-OH is 11. The van der Waals surface area contributed by atoms with E-state index in [2.05, 4.69) is 0 Å². The lowest BCUT2D eigenvalue weighted by atomic mass is 9.89. The summed E-state index contributed by atoms with van der Waals surface area (Å²) < 4.78 is 15.2. The Kier molecular flexibility index (Phi) is 9.29.